The van der Waals surface area contributed by atoms with Crippen molar-refractivity contribution >= 4 is 0 Å². The van der Waals surface area contributed by atoms with Gasteiger partial charge >= 0.3 is 0 Å². The minimum absolute atomic E-state index is 0.0341. The molecule has 2 aromatic rings. The topological polar surface area (TPSA) is 0 Å². The number of hydrogen-bond donors (Lipinski definition) is 0. The third-order valence-electron chi connectivity index (χ3n) is 6.38. The quantitative estimate of drug-likeness (QED) is 0.393. The van der Waals surface area contributed by atoms with Crippen molar-refractivity contribution < 1.29 is 8.78 Å². The van der Waals surface area contributed by atoms with Crippen LogP contribution in [0.3, 0.4) is 0 Å². The van der Waals surface area contributed by atoms with E-state index in [0.29, 0.717) is 0 Å². The molecule has 0 heterocycles. The number of benzene rings is 2. The van der Waals surface area contributed by atoms with E-state index in [4.69, 9.17) is 0 Å². The Morgan fingerprint density at radius 3 is 1.45 bits per heavy atom. The average molecular weight is 429 g/mol. The van der Waals surface area contributed by atoms with E-state index >= 15 is 4.39 Å². The summed E-state index contributed by atoms with van der Waals surface area (Å²) in [6.45, 7) is 20.9. The molecule has 0 bridgehead atoms. The van der Waals surface area contributed by atoms with Gasteiger partial charge in [-0.25, -0.2) is 8.78 Å². The Morgan fingerprint density at radius 1 is 0.548 bits per heavy atom. The highest BCUT2D eigenvalue weighted by molar-refractivity contribution is 5.46. The molecule has 0 unspecified atom stereocenters. The normalized spacial score (nSPS) is 12.3. The summed E-state index contributed by atoms with van der Waals surface area (Å²) in [6, 6.07) is 5.97. The van der Waals surface area contributed by atoms with Crippen molar-refractivity contribution in [2.45, 2.75) is 112 Å². The van der Waals surface area contributed by atoms with E-state index in [-0.39, 0.29) is 41.2 Å². The lowest BCUT2D eigenvalue weighted by Crippen LogP contribution is -2.12. The van der Waals surface area contributed by atoms with Gasteiger partial charge in [-0.2, -0.15) is 0 Å². The third kappa shape index (κ3) is 5.57. The van der Waals surface area contributed by atoms with Crippen LogP contribution in [-0.4, -0.2) is 0 Å². The lowest BCUT2D eigenvalue weighted by atomic mass is 9.80. The van der Waals surface area contributed by atoms with Gasteiger partial charge in [0.05, 0.1) is 0 Å². The monoisotopic (exact) mass is 428 g/mol. The number of aryl methyl sites for hydroxylation is 2. The van der Waals surface area contributed by atoms with E-state index in [1.165, 1.54) is 5.56 Å². The van der Waals surface area contributed by atoms with Gasteiger partial charge < -0.3 is 0 Å². The lowest BCUT2D eigenvalue weighted by Gasteiger charge is -2.25. The zero-order valence-electron chi connectivity index (χ0n) is 21.3. The van der Waals surface area contributed by atoms with E-state index in [1.807, 2.05) is 0 Å². The van der Waals surface area contributed by atoms with Crippen LogP contribution in [0.5, 0.6) is 0 Å². The molecule has 0 saturated carbocycles. The number of hydrogen-bond acceptors (Lipinski definition) is 0. The van der Waals surface area contributed by atoms with Gasteiger partial charge in [0, 0.05) is 0 Å². The van der Waals surface area contributed by atoms with Crippen LogP contribution in [0, 0.1) is 11.6 Å². The molecule has 0 radical (unpaired) electrons. The molecule has 0 aromatic heterocycles. The highest BCUT2D eigenvalue weighted by Crippen LogP contribution is 2.37. The van der Waals surface area contributed by atoms with Gasteiger partial charge in [-0.05, 0) is 87.4 Å². The van der Waals surface area contributed by atoms with Crippen molar-refractivity contribution in [3.63, 3.8) is 0 Å². The van der Waals surface area contributed by atoms with Crippen LogP contribution in [-0.2, 0) is 12.8 Å². The minimum atomic E-state index is -0.0925. The Morgan fingerprint density at radius 2 is 1.03 bits per heavy atom. The molecule has 2 aromatic carbocycles. The molecule has 0 fully saturated rings. The minimum Gasteiger partial charge on any atom is -0.207 e. The molecule has 0 atom stereocenters. The van der Waals surface area contributed by atoms with Gasteiger partial charge in [-0.15, -0.1) is 0 Å². The molecule has 2 rings (SSSR count). The van der Waals surface area contributed by atoms with Crippen molar-refractivity contribution in [3.8, 4) is 0 Å². The van der Waals surface area contributed by atoms with E-state index in [2.05, 4.69) is 81.4 Å². The second-order valence-corrected chi connectivity index (χ2v) is 10.6. The first-order valence-corrected chi connectivity index (χ1v) is 12.0. The van der Waals surface area contributed by atoms with Gasteiger partial charge in [0.25, 0.3) is 0 Å². The van der Waals surface area contributed by atoms with E-state index < -0.39 is 0 Å². The molecule has 172 valence electrons. The van der Waals surface area contributed by atoms with Crippen molar-refractivity contribution in [1.82, 2.24) is 0 Å². The summed E-state index contributed by atoms with van der Waals surface area (Å²) in [7, 11) is 0. The molecule has 0 aliphatic carbocycles. The summed E-state index contributed by atoms with van der Waals surface area (Å²) < 4.78 is 30.5. The lowest BCUT2D eigenvalue weighted by molar-refractivity contribution is 0.562. The highest BCUT2D eigenvalue weighted by Gasteiger charge is 2.24. The van der Waals surface area contributed by atoms with Crippen LogP contribution >= 0.6 is 0 Å². The molecule has 0 spiro atoms. The second-order valence-electron chi connectivity index (χ2n) is 10.6. The fourth-order valence-corrected chi connectivity index (χ4v) is 4.80. The van der Waals surface area contributed by atoms with Crippen LogP contribution in [0.1, 0.15) is 138 Å². The van der Waals surface area contributed by atoms with E-state index in [1.54, 1.807) is 6.07 Å². The van der Waals surface area contributed by atoms with E-state index in [9.17, 15) is 4.39 Å². The summed E-state index contributed by atoms with van der Waals surface area (Å²) in [5, 5.41) is 0. The predicted molar refractivity (Wildman–Crippen MR) is 131 cm³/mol. The average Bonchev–Trinajstić information content (AvgIpc) is 2.64. The maximum absolute atomic E-state index is 15.5. The van der Waals surface area contributed by atoms with Gasteiger partial charge in [-0.3, -0.25) is 0 Å². The van der Waals surface area contributed by atoms with Crippen molar-refractivity contribution in [3.05, 3.63) is 68.8 Å². The molecule has 0 amide bonds. The maximum Gasteiger partial charge on any atom is 0.130 e. The molecule has 0 aliphatic rings. The predicted octanol–water partition coefficient (Wildman–Crippen LogP) is 9.37. The molecule has 0 N–H and O–H groups in total. The Labute approximate surface area is 189 Å². The molecule has 31 heavy (non-hydrogen) atoms. The third-order valence-corrected chi connectivity index (χ3v) is 6.38. The van der Waals surface area contributed by atoms with E-state index in [0.717, 1.165) is 46.2 Å². The van der Waals surface area contributed by atoms with Gasteiger partial charge in [0.2, 0.25) is 0 Å². The van der Waals surface area contributed by atoms with Crippen LogP contribution in [0.15, 0.2) is 18.2 Å². The largest absolute Gasteiger partial charge is 0.207 e. The Balaban J connectivity index is 2.62. The smallest absolute Gasteiger partial charge is 0.130 e. The molecular weight excluding hydrogens is 386 g/mol. The molecule has 0 saturated heterocycles. The van der Waals surface area contributed by atoms with Crippen molar-refractivity contribution in [2.75, 3.05) is 0 Å². The van der Waals surface area contributed by atoms with Crippen LogP contribution in [0.4, 0.5) is 8.78 Å². The molecule has 2 heteroatoms. The zero-order chi connectivity index (χ0) is 23.6. The SMILES string of the molecule is CC(C)c1cc(F)c(C(C)C)c(CCc2cc(C(C)C)c(F)c(C(C)C)c2C(C)C)c1. The maximum atomic E-state index is 15.5. The van der Waals surface area contributed by atoms with Gasteiger partial charge in [0.1, 0.15) is 11.6 Å². The van der Waals surface area contributed by atoms with Crippen molar-refractivity contribution in [1.29, 1.82) is 0 Å². The van der Waals surface area contributed by atoms with Crippen molar-refractivity contribution in [2.24, 2.45) is 0 Å². The van der Waals surface area contributed by atoms with Gasteiger partial charge in [-0.1, -0.05) is 81.4 Å². The number of halogens is 2. The Hall–Kier alpha value is -1.70. The first kappa shape index (κ1) is 25.6. The molecule has 0 aliphatic heterocycles. The Bertz CT molecular complexity index is 902. The summed E-state index contributed by atoms with van der Waals surface area (Å²) in [5.41, 5.74) is 6.99. The highest BCUT2D eigenvalue weighted by atomic mass is 19.1. The second kappa shape index (κ2) is 10.3. The summed E-state index contributed by atoms with van der Waals surface area (Å²) >= 11 is 0. The zero-order valence-corrected chi connectivity index (χ0v) is 21.3. The number of rotatable bonds is 8. The van der Waals surface area contributed by atoms with Crippen LogP contribution in [0.25, 0.3) is 0 Å². The van der Waals surface area contributed by atoms with Crippen LogP contribution in [0.2, 0.25) is 0 Å². The summed E-state index contributed by atoms with van der Waals surface area (Å²) in [4.78, 5) is 0. The first-order valence-electron chi connectivity index (χ1n) is 12.0. The summed E-state index contributed by atoms with van der Waals surface area (Å²) in [5.74, 6) is 0.788. The molecular formula is C29H42F2. The fraction of sp³-hybridized carbons (Fsp3) is 0.586. The van der Waals surface area contributed by atoms with Gasteiger partial charge in [0.15, 0.2) is 0 Å². The standard InChI is InChI=1S/C29H42F2/c1-16(2)23-13-21(26(18(5)6)25(30)15-23)11-12-22-14-24(17(3)4)29(31)28(20(9)10)27(22)19(7)8/h13-20H,11-12H2,1-10H3. The van der Waals surface area contributed by atoms with Crippen LogP contribution < -0.4 is 0 Å². The summed E-state index contributed by atoms with van der Waals surface area (Å²) in [6.07, 6.45) is 1.57. The Kier molecular flexibility index (Phi) is 8.47. The molecule has 0 nitrogen and oxygen atoms in total. The fourth-order valence-electron chi connectivity index (χ4n) is 4.80. The first-order chi connectivity index (χ1) is 14.4.